The molecule has 6 heteroatoms. The number of ether oxygens (including phenoxy) is 1. The standard InChI is InChI=1S/C15H16N2O4/c1-21-14-7-3-6-13(15(14)17(19)20)16-9-11-4-2-5-12(8-11)10-18/h2-8,16,18H,9-10H2,1H3. The summed E-state index contributed by atoms with van der Waals surface area (Å²) in [5, 5.41) is 23.3. The van der Waals surface area contributed by atoms with E-state index in [9.17, 15) is 10.1 Å². The van der Waals surface area contributed by atoms with Crippen molar-refractivity contribution in [2.24, 2.45) is 0 Å². The maximum atomic E-state index is 11.2. The van der Waals surface area contributed by atoms with Crippen molar-refractivity contribution < 1.29 is 14.8 Å². The molecule has 0 aliphatic carbocycles. The van der Waals surface area contributed by atoms with E-state index in [2.05, 4.69) is 5.32 Å². The zero-order valence-corrected chi connectivity index (χ0v) is 11.6. The fourth-order valence-corrected chi connectivity index (χ4v) is 2.05. The maximum Gasteiger partial charge on any atom is 0.333 e. The van der Waals surface area contributed by atoms with Gasteiger partial charge in [0.25, 0.3) is 0 Å². The van der Waals surface area contributed by atoms with E-state index in [1.165, 1.54) is 7.11 Å². The van der Waals surface area contributed by atoms with Crippen LogP contribution in [0.2, 0.25) is 0 Å². The largest absolute Gasteiger partial charge is 0.490 e. The number of para-hydroxylation sites is 1. The first kappa shape index (κ1) is 14.8. The predicted molar refractivity (Wildman–Crippen MR) is 79.3 cm³/mol. The molecule has 0 unspecified atom stereocenters. The van der Waals surface area contributed by atoms with Crippen molar-refractivity contribution >= 4 is 11.4 Å². The van der Waals surface area contributed by atoms with Gasteiger partial charge in [-0.25, -0.2) is 0 Å². The van der Waals surface area contributed by atoms with E-state index >= 15 is 0 Å². The number of rotatable bonds is 6. The third-order valence-corrected chi connectivity index (χ3v) is 3.06. The zero-order valence-electron chi connectivity index (χ0n) is 11.6. The van der Waals surface area contributed by atoms with Gasteiger partial charge in [0.15, 0.2) is 5.75 Å². The summed E-state index contributed by atoms with van der Waals surface area (Å²) < 4.78 is 5.02. The summed E-state index contributed by atoms with van der Waals surface area (Å²) in [6, 6.07) is 12.3. The number of hydrogen-bond donors (Lipinski definition) is 2. The molecule has 0 aromatic heterocycles. The lowest BCUT2D eigenvalue weighted by Crippen LogP contribution is -2.04. The van der Waals surface area contributed by atoms with Crippen LogP contribution in [0.1, 0.15) is 11.1 Å². The summed E-state index contributed by atoms with van der Waals surface area (Å²) in [7, 11) is 1.40. The van der Waals surface area contributed by atoms with E-state index in [0.717, 1.165) is 11.1 Å². The number of benzene rings is 2. The average Bonchev–Trinajstić information content (AvgIpc) is 2.52. The van der Waals surface area contributed by atoms with Crippen LogP contribution >= 0.6 is 0 Å². The van der Waals surface area contributed by atoms with Crippen LogP contribution in [-0.4, -0.2) is 17.1 Å². The molecule has 0 heterocycles. The van der Waals surface area contributed by atoms with Crippen molar-refractivity contribution in [3.63, 3.8) is 0 Å². The van der Waals surface area contributed by atoms with Crippen LogP contribution in [0, 0.1) is 10.1 Å². The van der Waals surface area contributed by atoms with Gasteiger partial charge >= 0.3 is 5.69 Å². The molecule has 0 spiro atoms. The molecule has 0 amide bonds. The highest BCUT2D eigenvalue weighted by atomic mass is 16.6. The SMILES string of the molecule is COc1cccc(NCc2cccc(CO)c2)c1[N+](=O)[O-]. The summed E-state index contributed by atoms with van der Waals surface area (Å²) in [4.78, 5) is 10.7. The minimum absolute atomic E-state index is 0.0346. The first-order valence-electron chi connectivity index (χ1n) is 6.39. The number of nitro groups is 1. The minimum Gasteiger partial charge on any atom is -0.490 e. The Morgan fingerprint density at radius 1 is 1.24 bits per heavy atom. The van der Waals surface area contributed by atoms with Crippen LogP contribution in [0.4, 0.5) is 11.4 Å². The fourth-order valence-electron chi connectivity index (χ4n) is 2.05. The minimum atomic E-state index is -0.467. The molecule has 6 nitrogen and oxygen atoms in total. The van der Waals surface area contributed by atoms with Gasteiger partial charge in [0.05, 0.1) is 18.6 Å². The molecule has 2 rings (SSSR count). The Hall–Kier alpha value is -2.60. The molecule has 0 bridgehead atoms. The summed E-state index contributed by atoms with van der Waals surface area (Å²) in [6.45, 7) is 0.384. The van der Waals surface area contributed by atoms with Gasteiger partial charge in [0, 0.05) is 6.54 Å². The molecule has 0 aliphatic heterocycles. The number of methoxy groups -OCH3 is 1. The van der Waals surface area contributed by atoms with Crippen LogP contribution in [-0.2, 0) is 13.2 Å². The Balaban J connectivity index is 2.21. The van der Waals surface area contributed by atoms with Crippen molar-refractivity contribution in [2.75, 3.05) is 12.4 Å². The Bertz CT molecular complexity index is 643. The second-order valence-electron chi connectivity index (χ2n) is 4.45. The third-order valence-electron chi connectivity index (χ3n) is 3.06. The lowest BCUT2D eigenvalue weighted by molar-refractivity contribution is -0.384. The number of nitrogens with zero attached hydrogens (tertiary/aromatic N) is 1. The summed E-state index contributed by atoms with van der Waals surface area (Å²) in [5.74, 6) is 0.217. The van der Waals surface area contributed by atoms with Crippen molar-refractivity contribution in [2.45, 2.75) is 13.2 Å². The van der Waals surface area contributed by atoms with Crippen LogP contribution in [0.25, 0.3) is 0 Å². The van der Waals surface area contributed by atoms with Crippen molar-refractivity contribution in [1.29, 1.82) is 0 Å². The van der Waals surface area contributed by atoms with Crippen molar-refractivity contribution in [1.82, 2.24) is 0 Å². The van der Waals surface area contributed by atoms with Crippen LogP contribution < -0.4 is 10.1 Å². The van der Waals surface area contributed by atoms with Gasteiger partial charge in [0.1, 0.15) is 5.69 Å². The lowest BCUT2D eigenvalue weighted by atomic mass is 10.1. The van der Waals surface area contributed by atoms with E-state index in [-0.39, 0.29) is 18.0 Å². The Kier molecular flexibility index (Phi) is 4.73. The monoisotopic (exact) mass is 288 g/mol. The Morgan fingerprint density at radius 3 is 2.62 bits per heavy atom. The molecule has 0 saturated heterocycles. The third kappa shape index (κ3) is 3.49. The molecule has 2 N–H and O–H groups in total. The fraction of sp³-hybridized carbons (Fsp3) is 0.200. The molecule has 0 atom stereocenters. The van der Waals surface area contributed by atoms with Crippen molar-refractivity contribution in [3.8, 4) is 5.75 Å². The molecule has 0 radical (unpaired) electrons. The molecular formula is C15H16N2O4. The average molecular weight is 288 g/mol. The second kappa shape index (κ2) is 6.71. The first-order chi connectivity index (χ1) is 10.2. The highest BCUT2D eigenvalue weighted by molar-refractivity contribution is 5.68. The number of nitrogens with one attached hydrogen (secondary N) is 1. The van der Waals surface area contributed by atoms with Crippen molar-refractivity contribution in [3.05, 3.63) is 63.7 Å². The molecule has 2 aromatic carbocycles. The normalized spacial score (nSPS) is 10.2. The molecule has 21 heavy (non-hydrogen) atoms. The predicted octanol–water partition coefficient (Wildman–Crippen LogP) is 2.71. The van der Waals surface area contributed by atoms with E-state index in [0.29, 0.717) is 12.2 Å². The topological polar surface area (TPSA) is 84.6 Å². The number of hydrogen-bond acceptors (Lipinski definition) is 5. The van der Waals surface area contributed by atoms with Gasteiger partial charge < -0.3 is 15.2 Å². The smallest absolute Gasteiger partial charge is 0.333 e. The quantitative estimate of drug-likeness (QED) is 0.630. The highest BCUT2D eigenvalue weighted by Crippen LogP contribution is 2.34. The summed E-state index contributed by atoms with van der Waals surface area (Å²) in [5.41, 5.74) is 2.04. The summed E-state index contributed by atoms with van der Waals surface area (Å²) >= 11 is 0. The number of anilines is 1. The van der Waals surface area contributed by atoms with Gasteiger partial charge in [-0.3, -0.25) is 10.1 Å². The zero-order chi connectivity index (χ0) is 15.2. The van der Waals surface area contributed by atoms with Crippen LogP contribution in [0.15, 0.2) is 42.5 Å². The molecule has 0 fully saturated rings. The van der Waals surface area contributed by atoms with Gasteiger partial charge in [-0.1, -0.05) is 30.3 Å². The second-order valence-corrected chi connectivity index (χ2v) is 4.45. The molecule has 0 aliphatic rings. The van der Waals surface area contributed by atoms with Gasteiger partial charge in [0.2, 0.25) is 0 Å². The van der Waals surface area contributed by atoms with E-state index < -0.39 is 4.92 Å². The van der Waals surface area contributed by atoms with E-state index in [1.54, 1.807) is 18.2 Å². The molecule has 0 saturated carbocycles. The lowest BCUT2D eigenvalue weighted by Gasteiger charge is -2.10. The Labute approximate surface area is 122 Å². The summed E-state index contributed by atoms with van der Waals surface area (Å²) in [6.07, 6.45) is 0. The van der Waals surface area contributed by atoms with Gasteiger partial charge in [-0.2, -0.15) is 0 Å². The van der Waals surface area contributed by atoms with Crippen LogP contribution in [0.5, 0.6) is 5.75 Å². The highest BCUT2D eigenvalue weighted by Gasteiger charge is 2.20. The van der Waals surface area contributed by atoms with E-state index in [1.807, 2.05) is 24.3 Å². The van der Waals surface area contributed by atoms with Gasteiger partial charge in [-0.05, 0) is 23.3 Å². The number of nitro benzene ring substituents is 1. The van der Waals surface area contributed by atoms with Crippen LogP contribution in [0.3, 0.4) is 0 Å². The van der Waals surface area contributed by atoms with Gasteiger partial charge in [-0.15, -0.1) is 0 Å². The Morgan fingerprint density at radius 2 is 1.95 bits per heavy atom. The maximum absolute atomic E-state index is 11.2. The number of aliphatic hydroxyl groups is 1. The molecular weight excluding hydrogens is 272 g/mol. The molecule has 110 valence electrons. The van der Waals surface area contributed by atoms with E-state index in [4.69, 9.17) is 9.84 Å². The number of aliphatic hydroxyl groups excluding tert-OH is 1. The molecule has 2 aromatic rings. The first-order valence-corrected chi connectivity index (χ1v) is 6.39.